The quantitative estimate of drug-likeness (QED) is 0.554. The molecule has 0 atom stereocenters. The van der Waals surface area contributed by atoms with Gasteiger partial charge >= 0.3 is 39.2 Å². The smallest absolute Gasteiger partial charge is 0 e. The molecule has 0 rings (SSSR count). The molecule has 4 heavy (non-hydrogen) atoms. The second-order valence-electron chi connectivity index (χ2n) is 0. The molecule has 0 aliphatic carbocycles. The largest absolute Gasteiger partial charge is 0 e. The normalized spacial score (nSPS) is 1.25. The molecule has 4 heteroatoms. The van der Waals surface area contributed by atoms with Crippen LogP contribution in [0.2, 0.25) is 0 Å². The van der Waals surface area contributed by atoms with E-state index in [2.05, 4.69) is 0 Å². The first kappa shape index (κ1) is 15.7. The molecule has 0 amide bonds. The third-order valence-corrected chi connectivity index (χ3v) is 0. The zero-order valence-electron chi connectivity index (χ0n) is 1.92. The van der Waals surface area contributed by atoms with Crippen LogP contribution in [0, 0.1) is 73.6 Å². The number of rotatable bonds is 0. The van der Waals surface area contributed by atoms with Gasteiger partial charge in [-0.05, 0) is 0 Å². The Labute approximate surface area is 104 Å². The summed E-state index contributed by atoms with van der Waals surface area (Å²) < 4.78 is 8.28. The Hall–Kier alpha value is 3.42. The zero-order valence-corrected chi connectivity index (χ0v) is 10.6. The van der Waals surface area contributed by atoms with Crippen molar-refractivity contribution in [3.05, 3.63) is 0 Å². The van der Waals surface area contributed by atoms with Crippen LogP contribution in [-0.4, -0.2) is 0 Å². The summed E-state index contributed by atoms with van der Waals surface area (Å²) in [4.78, 5) is 0. The first-order valence-electron chi connectivity index (χ1n) is 0.144. The molecular formula is GdLaOY. The summed E-state index contributed by atoms with van der Waals surface area (Å²) in [7, 11) is 0. The van der Waals surface area contributed by atoms with Crippen molar-refractivity contribution in [2.24, 2.45) is 0 Å². The molecule has 0 aliphatic rings. The SMILES string of the molecule is [La].[O]=[Gd].[Y]. The van der Waals surface area contributed by atoms with E-state index in [-0.39, 0.29) is 68.3 Å². The summed E-state index contributed by atoms with van der Waals surface area (Å²) in [6.45, 7) is 0. The van der Waals surface area contributed by atoms with Crippen molar-refractivity contribution in [2.75, 3.05) is 0 Å². The maximum atomic E-state index is 8.28. The van der Waals surface area contributed by atoms with E-state index in [9.17, 15) is 0 Å². The predicted octanol–water partition coefficient (Wildman–Crippen LogP) is -0.121. The molecule has 0 aliphatic heterocycles. The Morgan fingerprint density at radius 2 is 1.25 bits per heavy atom. The predicted molar refractivity (Wildman–Crippen MR) is 0.686 cm³/mol. The van der Waals surface area contributed by atoms with E-state index in [1.807, 2.05) is 0 Å². The van der Waals surface area contributed by atoms with Crippen molar-refractivity contribution in [2.45, 2.75) is 0 Å². The van der Waals surface area contributed by atoms with Crippen LogP contribution in [0.3, 0.4) is 0 Å². The fourth-order valence-corrected chi connectivity index (χ4v) is 0. The Bertz CT molecular complexity index is 8.00. The summed E-state index contributed by atoms with van der Waals surface area (Å²) in [6.07, 6.45) is 0. The van der Waals surface area contributed by atoms with Gasteiger partial charge < -0.3 is 0 Å². The Morgan fingerprint density at radius 1 is 1.25 bits per heavy atom. The molecule has 2 radical (unpaired) electrons. The molecule has 0 unspecified atom stereocenters. The van der Waals surface area contributed by atoms with Gasteiger partial charge in [0.2, 0.25) is 0 Å². The molecule has 0 N–H and O–H groups in total. The van der Waals surface area contributed by atoms with Gasteiger partial charge in [-0.3, -0.25) is 0 Å². The van der Waals surface area contributed by atoms with Crippen LogP contribution in [0.25, 0.3) is 0 Å². The van der Waals surface area contributed by atoms with Crippen molar-refractivity contribution < 1.29 is 107 Å². The van der Waals surface area contributed by atoms with Gasteiger partial charge in [-0.15, -0.1) is 0 Å². The van der Waals surface area contributed by atoms with E-state index in [1.54, 1.807) is 0 Å². The molecule has 0 spiro atoms. The van der Waals surface area contributed by atoms with E-state index in [4.69, 9.17) is 1.16 Å². The van der Waals surface area contributed by atoms with E-state index < -0.39 is 0 Å². The third-order valence-electron chi connectivity index (χ3n) is 0. The second-order valence-corrected chi connectivity index (χ2v) is 0. The van der Waals surface area contributed by atoms with Crippen LogP contribution in [0.1, 0.15) is 0 Å². The van der Waals surface area contributed by atoms with Gasteiger partial charge in [-0.25, -0.2) is 0 Å². The Morgan fingerprint density at radius 3 is 1.25 bits per heavy atom. The third kappa shape index (κ3) is 9.05. The van der Waals surface area contributed by atoms with Crippen molar-refractivity contribution in [1.29, 1.82) is 0 Å². The zero-order chi connectivity index (χ0) is 2.00. The van der Waals surface area contributed by atoms with Gasteiger partial charge in [0, 0.05) is 68.3 Å². The van der Waals surface area contributed by atoms with E-state index in [1.165, 1.54) is 0 Å². The molecule has 0 aromatic heterocycles. The van der Waals surface area contributed by atoms with Gasteiger partial charge in [0.05, 0.1) is 0 Å². The molecular weight excluding hydrogens is 401 g/mol. The molecule has 1 nitrogen and oxygen atoms in total. The second kappa shape index (κ2) is 16.1. The maximum Gasteiger partial charge on any atom is 0 e. The molecule has 0 aromatic carbocycles. The van der Waals surface area contributed by atoms with Gasteiger partial charge in [-0.1, -0.05) is 0 Å². The van der Waals surface area contributed by atoms with E-state index in [0.29, 0.717) is 38.0 Å². The van der Waals surface area contributed by atoms with Crippen LogP contribution in [0.4, 0.5) is 0 Å². The fourth-order valence-electron chi connectivity index (χ4n) is 0. The summed E-state index contributed by atoms with van der Waals surface area (Å²) >= 11 is 0.611. The Kier molecular flexibility index (Phi) is 63.1. The minimum atomic E-state index is 0. The Balaban J connectivity index is -0.00000000500. The molecule has 0 fully saturated rings. The van der Waals surface area contributed by atoms with Crippen molar-refractivity contribution in [3.8, 4) is 0 Å². The molecule has 20 valence electrons. The van der Waals surface area contributed by atoms with Crippen molar-refractivity contribution in [1.82, 2.24) is 0 Å². The fraction of sp³-hybridized carbons (Fsp3) is 0. The molecule has 0 bridgehead atoms. The first-order chi connectivity index (χ1) is 1.00. The van der Waals surface area contributed by atoms with Gasteiger partial charge in [0.1, 0.15) is 0 Å². The topological polar surface area (TPSA) is 17.1 Å². The summed E-state index contributed by atoms with van der Waals surface area (Å²) in [5, 5.41) is 0. The summed E-state index contributed by atoms with van der Waals surface area (Å²) in [5.74, 6) is 0. The van der Waals surface area contributed by atoms with Crippen LogP contribution < -0.4 is 0 Å². The molecule has 0 saturated carbocycles. The van der Waals surface area contributed by atoms with Crippen LogP contribution in [0.15, 0.2) is 0 Å². The number of hydrogen-bond acceptors (Lipinski definition) is 1. The van der Waals surface area contributed by atoms with E-state index >= 15 is 0 Å². The molecule has 0 saturated heterocycles. The van der Waals surface area contributed by atoms with Crippen molar-refractivity contribution >= 4 is 0 Å². The van der Waals surface area contributed by atoms with Crippen LogP contribution >= 0.6 is 0 Å². The minimum absolute atomic E-state index is 0. The average Bonchev–Trinajstić information content (AvgIpc) is 1.00. The number of hydrogen-bond donors (Lipinski definition) is 0. The van der Waals surface area contributed by atoms with Gasteiger partial charge in [-0.2, -0.15) is 0 Å². The first-order valence-corrected chi connectivity index (χ1v) is 1.07. The average molecular weight is 401 g/mol. The van der Waals surface area contributed by atoms with E-state index in [0.717, 1.165) is 0 Å². The standard InChI is InChI=1S/Gd.La.O.Y. The van der Waals surface area contributed by atoms with Crippen molar-refractivity contribution in [3.63, 3.8) is 0 Å². The summed E-state index contributed by atoms with van der Waals surface area (Å²) in [5.41, 5.74) is 0. The van der Waals surface area contributed by atoms with Gasteiger partial charge in [0.15, 0.2) is 0 Å². The van der Waals surface area contributed by atoms with Crippen LogP contribution in [-0.2, 0) is 33.9 Å². The summed E-state index contributed by atoms with van der Waals surface area (Å²) in [6, 6.07) is 0. The minimum Gasteiger partial charge on any atom is 0 e. The molecule has 0 heterocycles. The monoisotopic (exact) mass is 402 g/mol. The van der Waals surface area contributed by atoms with Gasteiger partial charge in [0.25, 0.3) is 0 Å². The maximum absolute atomic E-state index is 8.28. The molecule has 0 aromatic rings. The van der Waals surface area contributed by atoms with Crippen LogP contribution in [0.5, 0.6) is 0 Å².